The second-order valence-corrected chi connectivity index (χ2v) is 9.39. The van der Waals surface area contributed by atoms with Gasteiger partial charge in [-0.2, -0.15) is 0 Å². The molecule has 0 saturated heterocycles. The van der Waals surface area contributed by atoms with Gasteiger partial charge in [0.15, 0.2) is 16.5 Å². The Morgan fingerprint density at radius 3 is 2.58 bits per heavy atom. The van der Waals surface area contributed by atoms with Crippen LogP contribution in [-0.2, 0) is 6.42 Å². The molecule has 0 radical (unpaired) electrons. The molecule has 1 unspecified atom stereocenters. The van der Waals surface area contributed by atoms with E-state index in [1.54, 1.807) is 49.0 Å². The SMILES string of the molecule is COc1cc(-n2ccnc(SC(C)Cc3ccccc3)c2=O)ccc1OCC(C)(C)O. The quantitative estimate of drug-likeness (QED) is 0.505. The zero-order valence-electron chi connectivity index (χ0n) is 18.2. The van der Waals surface area contributed by atoms with Crippen LogP contribution in [0.2, 0.25) is 0 Å². The molecule has 0 aliphatic heterocycles. The molecule has 7 heteroatoms. The molecule has 1 N–H and O–H groups in total. The number of thioether (sulfide) groups is 1. The van der Waals surface area contributed by atoms with Crippen molar-refractivity contribution in [3.8, 4) is 17.2 Å². The predicted octanol–water partition coefficient (Wildman–Crippen LogP) is 4.11. The fourth-order valence-corrected chi connectivity index (χ4v) is 4.01. The minimum atomic E-state index is -0.964. The summed E-state index contributed by atoms with van der Waals surface area (Å²) in [6, 6.07) is 15.5. The van der Waals surface area contributed by atoms with Crippen molar-refractivity contribution in [3.63, 3.8) is 0 Å². The van der Waals surface area contributed by atoms with Gasteiger partial charge in [0, 0.05) is 23.7 Å². The van der Waals surface area contributed by atoms with Gasteiger partial charge in [-0.15, -0.1) is 0 Å². The van der Waals surface area contributed by atoms with Gasteiger partial charge in [0.1, 0.15) is 6.61 Å². The molecule has 6 nitrogen and oxygen atoms in total. The van der Waals surface area contributed by atoms with Crippen molar-refractivity contribution < 1.29 is 14.6 Å². The standard InChI is InChI=1S/C24H28N2O4S/c1-17(14-18-8-6-5-7-9-18)31-22-23(27)26(13-12-25-22)19-10-11-20(21(15-19)29-4)30-16-24(2,3)28/h5-13,15,17,28H,14,16H2,1-4H3. The molecule has 164 valence electrons. The van der Waals surface area contributed by atoms with Crippen molar-refractivity contribution in [2.75, 3.05) is 13.7 Å². The van der Waals surface area contributed by atoms with E-state index in [1.807, 2.05) is 18.2 Å². The summed E-state index contributed by atoms with van der Waals surface area (Å²) in [5.74, 6) is 0.985. The predicted molar refractivity (Wildman–Crippen MR) is 124 cm³/mol. The van der Waals surface area contributed by atoms with Crippen LogP contribution in [-0.4, -0.2) is 39.2 Å². The first kappa shape index (κ1) is 22.9. The van der Waals surface area contributed by atoms with E-state index in [1.165, 1.54) is 24.4 Å². The van der Waals surface area contributed by atoms with Crippen LogP contribution in [0, 0.1) is 0 Å². The van der Waals surface area contributed by atoms with Crippen molar-refractivity contribution in [2.45, 2.75) is 43.1 Å². The lowest BCUT2D eigenvalue weighted by atomic mass is 10.1. The summed E-state index contributed by atoms with van der Waals surface area (Å²) in [6.45, 7) is 5.55. The van der Waals surface area contributed by atoms with Crippen molar-refractivity contribution in [3.05, 3.63) is 76.8 Å². The van der Waals surface area contributed by atoms with E-state index < -0.39 is 5.60 Å². The molecule has 0 amide bonds. The molecule has 1 heterocycles. The molecule has 3 aromatic rings. The summed E-state index contributed by atoms with van der Waals surface area (Å²) >= 11 is 1.47. The minimum Gasteiger partial charge on any atom is -0.493 e. The topological polar surface area (TPSA) is 73.6 Å². The van der Waals surface area contributed by atoms with Crippen molar-refractivity contribution in [2.24, 2.45) is 0 Å². The molecule has 1 aromatic heterocycles. The van der Waals surface area contributed by atoms with Gasteiger partial charge in [0.2, 0.25) is 0 Å². The Morgan fingerprint density at radius 1 is 1.16 bits per heavy atom. The number of aliphatic hydroxyl groups is 1. The van der Waals surface area contributed by atoms with Gasteiger partial charge >= 0.3 is 0 Å². The summed E-state index contributed by atoms with van der Waals surface area (Å²) in [7, 11) is 1.54. The maximum Gasteiger partial charge on any atom is 0.287 e. The summed E-state index contributed by atoms with van der Waals surface area (Å²) in [5.41, 5.74) is 0.732. The van der Waals surface area contributed by atoms with E-state index in [2.05, 4.69) is 24.0 Å². The molecule has 3 rings (SSSR count). The van der Waals surface area contributed by atoms with Crippen LogP contribution in [0.5, 0.6) is 11.5 Å². The fourth-order valence-electron chi connectivity index (χ4n) is 3.04. The highest BCUT2D eigenvalue weighted by molar-refractivity contribution is 7.99. The van der Waals surface area contributed by atoms with Gasteiger partial charge in [0.25, 0.3) is 5.56 Å². The average molecular weight is 441 g/mol. The number of hydrogen-bond donors (Lipinski definition) is 1. The Morgan fingerprint density at radius 2 is 1.90 bits per heavy atom. The highest BCUT2D eigenvalue weighted by atomic mass is 32.2. The highest BCUT2D eigenvalue weighted by Gasteiger charge is 2.17. The van der Waals surface area contributed by atoms with Crippen LogP contribution in [0.15, 0.2) is 70.7 Å². The van der Waals surface area contributed by atoms with Gasteiger partial charge in [-0.3, -0.25) is 9.36 Å². The lowest BCUT2D eigenvalue weighted by molar-refractivity contribution is 0.0276. The average Bonchev–Trinajstić information content (AvgIpc) is 2.74. The molecule has 0 spiro atoms. The van der Waals surface area contributed by atoms with Gasteiger partial charge in [0.05, 0.1) is 18.4 Å². The second-order valence-electron chi connectivity index (χ2n) is 7.96. The number of hydrogen-bond acceptors (Lipinski definition) is 6. The molecular formula is C24H28N2O4S. The molecule has 0 saturated carbocycles. The number of nitrogens with zero attached hydrogens (tertiary/aromatic N) is 2. The summed E-state index contributed by atoms with van der Waals surface area (Å²) in [6.07, 6.45) is 4.12. The number of benzene rings is 2. The first-order valence-corrected chi connectivity index (χ1v) is 11.0. The number of rotatable bonds is 9. The number of aromatic nitrogens is 2. The van der Waals surface area contributed by atoms with Crippen LogP contribution >= 0.6 is 11.8 Å². The lowest BCUT2D eigenvalue weighted by Crippen LogP contribution is -2.28. The Bertz CT molecular complexity index is 1060. The van der Waals surface area contributed by atoms with Gasteiger partial charge in [-0.1, -0.05) is 49.0 Å². The van der Waals surface area contributed by atoms with E-state index in [9.17, 15) is 9.90 Å². The molecule has 31 heavy (non-hydrogen) atoms. The first-order valence-electron chi connectivity index (χ1n) is 10.1. The smallest absolute Gasteiger partial charge is 0.287 e. The first-order chi connectivity index (χ1) is 14.8. The third-order valence-electron chi connectivity index (χ3n) is 4.49. The third kappa shape index (κ3) is 6.35. The normalized spacial score (nSPS) is 12.4. The third-order valence-corrected chi connectivity index (χ3v) is 5.57. The fraction of sp³-hybridized carbons (Fsp3) is 0.333. The van der Waals surface area contributed by atoms with Crippen LogP contribution in [0.3, 0.4) is 0 Å². The molecule has 0 aliphatic carbocycles. The Balaban J connectivity index is 1.81. The van der Waals surface area contributed by atoms with Gasteiger partial charge in [-0.25, -0.2) is 4.98 Å². The molecule has 2 aromatic carbocycles. The van der Waals surface area contributed by atoms with Crippen molar-refractivity contribution in [1.82, 2.24) is 9.55 Å². The van der Waals surface area contributed by atoms with Crippen LogP contribution in [0.25, 0.3) is 5.69 Å². The molecular weight excluding hydrogens is 412 g/mol. The lowest BCUT2D eigenvalue weighted by Gasteiger charge is -2.19. The van der Waals surface area contributed by atoms with E-state index >= 15 is 0 Å². The number of methoxy groups -OCH3 is 1. The monoisotopic (exact) mass is 440 g/mol. The molecule has 0 fully saturated rings. The van der Waals surface area contributed by atoms with Crippen LogP contribution < -0.4 is 15.0 Å². The van der Waals surface area contributed by atoms with E-state index in [0.717, 1.165) is 6.42 Å². The van der Waals surface area contributed by atoms with Crippen LogP contribution in [0.4, 0.5) is 0 Å². The molecule has 0 bridgehead atoms. The maximum absolute atomic E-state index is 13.1. The summed E-state index contributed by atoms with van der Waals surface area (Å²) < 4.78 is 12.6. The van der Waals surface area contributed by atoms with E-state index in [-0.39, 0.29) is 17.4 Å². The van der Waals surface area contributed by atoms with E-state index in [4.69, 9.17) is 9.47 Å². The molecule has 0 aliphatic rings. The van der Waals surface area contributed by atoms with E-state index in [0.29, 0.717) is 22.2 Å². The zero-order valence-corrected chi connectivity index (χ0v) is 19.1. The van der Waals surface area contributed by atoms with Crippen molar-refractivity contribution in [1.29, 1.82) is 0 Å². The highest BCUT2D eigenvalue weighted by Crippen LogP contribution is 2.30. The Kier molecular flexibility index (Phi) is 7.41. The summed E-state index contributed by atoms with van der Waals surface area (Å²) in [4.78, 5) is 17.4. The Labute approximate surface area is 186 Å². The number of ether oxygens (including phenoxy) is 2. The maximum atomic E-state index is 13.1. The zero-order chi connectivity index (χ0) is 22.4. The Hall–Kier alpha value is -2.77. The van der Waals surface area contributed by atoms with Gasteiger partial charge < -0.3 is 14.6 Å². The van der Waals surface area contributed by atoms with Crippen LogP contribution in [0.1, 0.15) is 26.3 Å². The second kappa shape index (κ2) is 10.0. The minimum absolute atomic E-state index is 0.123. The molecule has 1 atom stereocenters. The summed E-state index contributed by atoms with van der Waals surface area (Å²) in [5, 5.41) is 10.5. The largest absolute Gasteiger partial charge is 0.493 e. The van der Waals surface area contributed by atoms with Gasteiger partial charge in [-0.05, 0) is 38.0 Å². The van der Waals surface area contributed by atoms with Crippen molar-refractivity contribution >= 4 is 11.8 Å².